The van der Waals surface area contributed by atoms with Gasteiger partial charge in [-0.3, -0.25) is 9.10 Å². The van der Waals surface area contributed by atoms with Gasteiger partial charge in [0.15, 0.2) is 0 Å². The highest BCUT2D eigenvalue weighted by Crippen LogP contribution is 2.32. The number of sulfonamides is 1. The monoisotopic (exact) mass is 541 g/mol. The van der Waals surface area contributed by atoms with Crippen molar-refractivity contribution in [3.8, 4) is 10.6 Å². The molecule has 0 unspecified atom stereocenters. The molecule has 1 heterocycles. The van der Waals surface area contributed by atoms with Crippen molar-refractivity contribution in [2.24, 2.45) is 0 Å². The third kappa shape index (κ3) is 5.32. The summed E-state index contributed by atoms with van der Waals surface area (Å²) in [6, 6.07) is 27.3. The van der Waals surface area contributed by atoms with Crippen LogP contribution < -0.4 is 9.62 Å². The summed E-state index contributed by atoms with van der Waals surface area (Å²) in [5.74, 6) is -0.437. The van der Waals surface area contributed by atoms with Gasteiger partial charge in [0.25, 0.3) is 10.0 Å². The molecule has 0 aliphatic rings. The van der Waals surface area contributed by atoms with Crippen molar-refractivity contribution in [1.82, 2.24) is 4.98 Å². The van der Waals surface area contributed by atoms with Crippen molar-refractivity contribution in [2.45, 2.75) is 25.7 Å². The Hall–Kier alpha value is -4.01. The van der Waals surface area contributed by atoms with Crippen LogP contribution in [0.15, 0.2) is 95.9 Å². The zero-order chi connectivity index (χ0) is 26.9. The molecule has 0 saturated carbocycles. The van der Waals surface area contributed by atoms with Crippen molar-refractivity contribution < 1.29 is 13.2 Å². The molecule has 4 aromatic carbocycles. The van der Waals surface area contributed by atoms with Gasteiger partial charge in [-0.05, 0) is 86.5 Å². The molecule has 0 radical (unpaired) electrons. The minimum absolute atomic E-state index is 0.128. The lowest BCUT2D eigenvalue weighted by atomic mass is 10.1. The maximum absolute atomic E-state index is 13.6. The van der Waals surface area contributed by atoms with Gasteiger partial charge in [0.1, 0.15) is 11.6 Å². The Bertz CT molecular complexity index is 1730. The predicted octanol–water partition coefficient (Wildman–Crippen LogP) is 6.72. The first-order valence-corrected chi connectivity index (χ1v) is 14.4. The Morgan fingerprint density at radius 3 is 2.26 bits per heavy atom. The van der Waals surface area contributed by atoms with Gasteiger partial charge in [0, 0.05) is 11.3 Å². The van der Waals surface area contributed by atoms with Gasteiger partial charge in [0.2, 0.25) is 5.91 Å². The maximum atomic E-state index is 13.6. The topological polar surface area (TPSA) is 79.4 Å². The van der Waals surface area contributed by atoms with E-state index in [4.69, 9.17) is 4.98 Å². The normalized spacial score (nSPS) is 11.4. The van der Waals surface area contributed by atoms with Crippen LogP contribution in [0.3, 0.4) is 0 Å². The molecular formula is C30H27N3O3S2. The Morgan fingerprint density at radius 1 is 0.868 bits per heavy atom. The third-order valence-electron chi connectivity index (χ3n) is 6.20. The summed E-state index contributed by atoms with van der Waals surface area (Å²) in [5, 5.41) is 3.75. The molecule has 0 bridgehead atoms. The number of benzene rings is 4. The highest BCUT2D eigenvalue weighted by molar-refractivity contribution is 7.92. The molecule has 1 amide bonds. The maximum Gasteiger partial charge on any atom is 0.264 e. The number of anilines is 2. The number of rotatable bonds is 7. The summed E-state index contributed by atoms with van der Waals surface area (Å²) in [4.78, 5) is 18.0. The van der Waals surface area contributed by atoms with E-state index >= 15 is 0 Å². The van der Waals surface area contributed by atoms with Gasteiger partial charge in [-0.2, -0.15) is 0 Å². The van der Waals surface area contributed by atoms with Gasteiger partial charge in [-0.25, -0.2) is 13.4 Å². The minimum atomic E-state index is -3.97. The number of carbonyl (C=O) groups excluding carboxylic acids is 1. The second kappa shape index (κ2) is 10.4. The number of carbonyl (C=O) groups is 1. The molecule has 5 aromatic rings. The number of aromatic nitrogens is 1. The van der Waals surface area contributed by atoms with E-state index in [0.717, 1.165) is 31.9 Å². The molecule has 38 heavy (non-hydrogen) atoms. The molecule has 5 rings (SSSR count). The Balaban J connectivity index is 1.38. The highest BCUT2D eigenvalue weighted by Gasteiger charge is 2.28. The number of nitrogens with zero attached hydrogens (tertiary/aromatic N) is 2. The lowest BCUT2D eigenvalue weighted by molar-refractivity contribution is -0.114. The van der Waals surface area contributed by atoms with Crippen molar-refractivity contribution in [3.05, 3.63) is 108 Å². The van der Waals surface area contributed by atoms with Crippen LogP contribution in [0.5, 0.6) is 0 Å². The van der Waals surface area contributed by atoms with Crippen LogP contribution in [0.1, 0.15) is 16.7 Å². The molecule has 1 N–H and O–H groups in total. The molecule has 0 aliphatic heterocycles. The summed E-state index contributed by atoms with van der Waals surface area (Å²) >= 11 is 1.62. The number of hydrogen-bond acceptors (Lipinski definition) is 5. The van der Waals surface area contributed by atoms with E-state index in [1.165, 1.54) is 22.0 Å². The Kier molecular flexibility index (Phi) is 7.01. The number of thiazole rings is 1. The van der Waals surface area contributed by atoms with Crippen molar-refractivity contribution in [3.63, 3.8) is 0 Å². The second-order valence-electron chi connectivity index (χ2n) is 9.23. The lowest BCUT2D eigenvalue weighted by Crippen LogP contribution is -2.38. The van der Waals surface area contributed by atoms with Gasteiger partial charge < -0.3 is 5.32 Å². The molecule has 0 fully saturated rings. The van der Waals surface area contributed by atoms with E-state index in [1.54, 1.807) is 47.7 Å². The van der Waals surface area contributed by atoms with Crippen LogP contribution in [0.2, 0.25) is 0 Å². The molecule has 8 heteroatoms. The van der Waals surface area contributed by atoms with Gasteiger partial charge >= 0.3 is 0 Å². The quantitative estimate of drug-likeness (QED) is 0.248. The predicted molar refractivity (Wildman–Crippen MR) is 155 cm³/mol. The molecule has 0 atom stereocenters. The number of hydrogen-bond donors (Lipinski definition) is 1. The largest absolute Gasteiger partial charge is 0.325 e. The number of amides is 1. The van der Waals surface area contributed by atoms with Crippen LogP contribution >= 0.6 is 11.3 Å². The molecule has 1 aromatic heterocycles. The summed E-state index contributed by atoms with van der Waals surface area (Å²) in [7, 11) is -3.97. The van der Waals surface area contributed by atoms with Crippen LogP contribution in [-0.2, 0) is 14.8 Å². The first kappa shape index (κ1) is 25.6. The smallest absolute Gasteiger partial charge is 0.264 e. The fourth-order valence-electron chi connectivity index (χ4n) is 4.29. The average molecular weight is 542 g/mol. The number of fused-ring (bicyclic) bond motifs is 1. The first-order chi connectivity index (χ1) is 18.2. The first-order valence-electron chi connectivity index (χ1n) is 12.1. The average Bonchev–Trinajstić information content (AvgIpc) is 3.32. The minimum Gasteiger partial charge on any atom is -0.325 e. The fourth-order valence-corrected chi connectivity index (χ4v) is 6.86. The van der Waals surface area contributed by atoms with Crippen LogP contribution in [0.4, 0.5) is 11.4 Å². The lowest BCUT2D eigenvalue weighted by Gasteiger charge is -2.26. The van der Waals surface area contributed by atoms with Crippen molar-refractivity contribution in [2.75, 3.05) is 16.2 Å². The summed E-state index contributed by atoms with van der Waals surface area (Å²) in [6.07, 6.45) is 0. The van der Waals surface area contributed by atoms with E-state index in [2.05, 4.69) is 18.3 Å². The molecule has 6 nitrogen and oxygen atoms in total. The van der Waals surface area contributed by atoms with E-state index < -0.39 is 15.9 Å². The number of aryl methyl sites for hydroxylation is 3. The van der Waals surface area contributed by atoms with Crippen molar-refractivity contribution in [1.29, 1.82) is 0 Å². The van der Waals surface area contributed by atoms with Gasteiger partial charge in [-0.15, -0.1) is 11.3 Å². The molecule has 192 valence electrons. The zero-order valence-electron chi connectivity index (χ0n) is 21.3. The molecule has 0 saturated heterocycles. The number of nitrogens with one attached hydrogen (secondary N) is 1. The fraction of sp³-hybridized carbons (Fsp3) is 0.133. The van der Waals surface area contributed by atoms with E-state index in [-0.39, 0.29) is 11.4 Å². The van der Waals surface area contributed by atoms with Crippen molar-refractivity contribution >= 4 is 48.9 Å². The molecular weight excluding hydrogens is 514 g/mol. The van der Waals surface area contributed by atoms with Gasteiger partial charge in [0.05, 0.1) is 20.8 Å². The Labute approximate surface area is 226 Å². The summed E-state index contributed by atoms with van der Waals surface area (Å²) < 4.78 is 29.5. The van der Waals surface area contributed by atoms with Gasteiger partial charge in [-0.1, -0.05) is 42.0 Å². The Morgan fingerprint density at radius 2 is 1.55 bits per heavy atom. The molecule has 0 spiro atoms. The van der Waals surface area contributed by atoms with Crippen LogP contribution in [0, 0.1) is 20.8 Å². The van der Waals surface area contributed by atoms with Crippen LogP contribution in [-0.4, -0.2) is 25.9 Å². The van der Waals surface area contributed by atoms with E-state index in [1.807, 2.05) is 50.2 Å². The molecule has 0 aliphatic carbocycles. The second-order valence-corrected chi connectivity index (χ2v) is 12.1. The third-order valence-corrected chi connectivity index (χ3v) is 9.04. The van der Waals surface area contributed by atoms with Crippen LogP contribution in [0.25, 0.3) is 20.8 Å². The zero-order valence-corrected chi connectivity index (χ0v) is 22.9. The standard InChI is InChI=1S/C30H27N3O3S2/c1-20-10-16-27(22(3)17-20)33(38(35,36)25-7-5-4-6-8-25)19-29(34)31-24-13-11-23(12-14-24)30-32-26-15-9-21(2)18-28(26)37-30/h4-18H,19H2,1-3H3,(H,31,34). The highest BCUT2D eigenvalue weighted by atomic mass is 32.2. The summed E-state index contributed by atoms with van der Waals surface area (Å²) in [6.45, 7) is 5.48. The van der Waals surface area contributed by atoms with E-state index in [0.29, 0.717) is 11.4 Å². The summed E-state index contributed by atoms with van der Waals surface area (Å²) in [5.41, 5.74) is 5.92. The van der Waals surface area contributed by atoms with E-state index in [9.17, 15) is 13.2 Å². The SMILES string of the molecule is Cc1ccc(N(CC(=O)Nc2ccc(-c3nc4ccc(C)cc4s3)cc2)S(=O)(=O)c2ccccc2)c(C)c1.